The minimum absolute atomic E-state index is 0.259. The van der Waals surface area contributed by atoms with Crippen molar-refractivity contribution in [3.63, 3.8) is 0 Å². The summed E-state index contributed by atoms with van der Waals surface area (Å²) in [5.74, 6) is 1.21. The highest BCUT2D eigenvalue weighted by Gasteiger charge is 2.28. The summed E-state index contributed by atoms with van der Waals surface area (Å²) in [6, 6.07) is 12.5. The smallest absolute Gasteiger partial charge is 0.138 e. The fourth-order valence-corrected chi connectivity index (χ4v) is 3.29. The molecule has 2 unspecified atom stereocenters. The summed E-state index contributed by atoms with van der Waals surface area (Å²) in [4.78, 5) is 1.09. The Bertz CT molecular complexity index is 630. The number of benzene rings is 2. The van der Waals surface area contributed by atoms with Gasteiger partial charge < -0.3 is 9.84 Å². The van der Waals surface area contributed by atoms with Crippen molar-refractivity contribution in [2.45, 2.75) is 24.0 Å². The van der Waals surface area contributed by atoms with Gasteiger partial charge in [-0.2, -0.15) is 0 Å². The van der Waals surface area contributed by atoms with Crippen molar-refractivity contribution in [3.05, 3.63) is 59.4 Å². The van der Waals surface area contributed by atoms with Crippen LogP contribution in [0.2, 0.25) is 0 Å². The third-order valence-electron chi connectivity index (χ3n) is 3.41. The number of halogens is 1. The summed E-state index contributed by atoms with van der Waals surface area (Å²) < 4.78 is 19.1. The first-order chi connectivity index (χ1) is 9.65. The van der Waals surface area contributed by atoms with Crippen molar-refractivity contribution in [1.29, 1.82) is 0 Å². The van der Waals surface area contributed by atoms with Gasteiger partial charge >= 0.3 is 0 Å². The van der Waals surface area contributed by atoms with Gasteiger partial charge in [-0.25, -0.2) is 4.39 Å². The molecule has 1 heterocycles. The zero-order valence-corrected chi connectivity index (χ0v) is 11.9. The van der Waals surface area contributed by atoms with Crippen molar-refractivity contribution in [2.24, 2.45) is 0 Å². The molecule has 0 aromatic heterocycles. The molecule has 0 fully saturated rings. The molecular formula is C16H15FO2S. The van der Waals surface area contributed by atoms with Crippen LogP contribution in [0.3, 0.4) is 0 Å². The Morgan fingerprint density at radius 2 is 2.10 bits per heavy atom. The zero-order chi connectivity index (χ0) is 14.1. The van der Waals surface area contributed by atoms with Gasteiger partial charge in [-0.05, 0) is 36.2 Å². The standard InChI is InChI=1S/C16H15FO2S/c1-10-8-11(6-7-12(10)17)16(18)14-9-20-15-5-3-2-4-13(15)19-14/h2-8,14,16,18H,9H2,1H3. The average molecular weight is 290 g/mol. The molecular weight excluding hydrogens is 275 g/mol. The van der Waals surface area contributed by atoms with Crippen LogP contribution in [0.25, 0.3) is 0 Å². The molecule has 2 nitrogen and oxygen atoms in total. The van der Waals surface area contributed by atoms with E-state index < -0.39 is 6.10 Å². The number of aliphatic hydroxyl groups is 1. The van der Waals surface area contributed by atoms with Gasteiger partial charge in [-0.1, -0.05) is 24.3 Å². The minimum Gasteiger partial charge on any atom is -0.485 e. The predicted octanol–water partition coefficient (Wildman–Crippen LogP) is 3.72. The maximum atomic E-state index is 13.3. The third kappa shape index (κ3) is 2.53. The first kappa shape index (κ1) is 13.5. The summed E-state index contributed by atoms with van der Waals surface area (Å²) >= 11 is 1.67. The number of aliphatic hydroxyl groups excluding tert-OH is 1. The van der Waals surface area contributed by atoms with Crippen LogP contribution in [0.15, 0.2) is 47.4 Å². The molecule has 1 aliphatic rings. The molecule has 0 aliphatic carbocycles. The molecule has 20 heavy (non-hydrogen) atoms. The fourth-order valence-electron chi connectivity index (χ4n) is 2.26. The molecule has 0 amide bonds. The molecule has 0 radical (unpaired) electrons. The highest BCUT2D eigenvalue weighted by Crippen LogP contribution is 2.38. The number of thioether (sulfide) groups is 1. The van der Waals surface area contributed by atoms with E-state index >= 15 is 0 Å². The number of fused-ring (bicyclic) bond motifs is 1. The summed E-state index contributed by atoms with van der Waals surface area (Å²) in [7, 11) is 0. The lowest BCUT2D eigenvalue weighted by molar-refractivity contribution is 0.0456. The highest BCUT2D eigenvalue weighted by molar-refractivity contribution is 7.99. The van der Waals surface area contributed by atoms with Crippen LogP contribution in [0.1, 0.15) is 17.2 Å². The minimum atomic E-state index is -0.754. The van der Waals surface area contributed by atoms with E-state index in [1.165, 1.54) is 6.07 Å². The Morgan fingerprint density at radius 1 is 1.30 bits per heavy atom. The average Bonchev–Trinajstić information content (AvgIpc) is 2.49. The van der Waals surface area contributed by atoms with E-state index in [1.807, 2.05) is 24.3 Å². The number of ether oxygens (including phenoxy) is 1. The molecule has 4 heteroatoms. The van der Waals surface area contributed by atoms with Crippen LogP contribution < -0.4 is 4.74 Å². The first-order valence-corrected chi connectivity index (χ1v) is 7.46. The van der Waals surface area contributed by atoms with Crippen LogP contribution in [-0.2, 0) is 0 Å². The Labute approximate surface area is 121 Å². The molecule has 2 atom stereocenters. The molecule has 0 bridgehead atoms. The van der Waals surface area contributed by atoms with Crippen molar-refractivity contribution < 1.29 is 14.2 Å². The second-order valence-corrected chi connectivity index (χ2v) is 5.93. The van der Waals surface area contributed by atoms with E-state index in [1.54, 1.807) is 30.8 Å². The van der Waals surface area contributed by atoms with Gasteiger partial charge in [-0.3, -0.25) is 0 Å². The summed E-state index contributed by atoms with van der Waals surface area (Å²) in [5, 5.41) is 10.4. The summed E-state index contributed by atoms with van der Waals surface area (Å²) in [6.07, 6.45) is -1.07. The van der Waals surface area contributed by atoms with Crippen LogP contribution in [0.5, 0.6) is 5.75 Å². The second kappa shape index (κ2) is 5.46. The lowest BCUT2D eigenvalue weighted by Gasteiger charge is -2.29. The monoisotopic (exact) mass is 290 g/mol. The normalized spacial score (nSPS) is 19.1. The fraction of sp³-hybridized carbons (Fsp3) is 0.250. The van der Waals surface area contributed by atoms with E-state index in [9.17, 15) is 9.50 Å². The molecule has 2 aromatic carbocycles. The second-order valence-electron chi connectivity index (χ2n) is 4.87. The van der Waals surface area contributed by atoms with Gasteiger partial charge in [0.15, 0.2) is 0 Å². The maximum absolute atomic E-state index is 13.3. The van der Waals surface area contributed by atoms with Gasteiger partial charge in [0.05, 0.1) is 0 Å². The molecule has 0 saturated heterocycles. The van der Waals surface area contributed by atoms with E-state index in [4.69, 9.17) is 4.74 Å². The van der Waals surface area contributed by atoms with Crippen LogP contribution in [-0.4, -0.2) is 17.0 Å². The highest BCUT2D eigenvalue weighted by atomic mass is 32.2. The van der Waals surface area contributed by atoms with Crippen LogP contribution >= 0.6 is 11.8 Å². The topological polar surface area (TPSA) is 29.5 Å². The van der Waals surface area contributed by atoms with Gasteiger partial charge in [0.1, 0.15) is 23.8 Å². The molecule has 1 aliphatic heterocycles. The Balaban J connectivity index is 1.82. The SMILES string of the molecule is Cc1cc(C(O)C2CSc3ccccc3O2)ccc1F. The van der Waals surface area contributed by atoms with Gasteiger partial charge in [0.25, 0.3) is 0 Å². The molecule has 2 aromatic rings. The van der Waals surface area contributed by atoms with Gasteiger partial charge in [-0.15, -0.1) is 11.8 Å². The molecule has 0 saturated carbocycles. The van der Waals surface area contributed by atoms with Crippen molar-refractivity contribution in [1.82, 2.24) is 0 Å². The molecule has 0 spiro atoms. The van der Waals surface area contributed by atoms with Gasteiger partial charge in [0.2, 0.25) is 0 Å². The van der Waals surface area contributed by atoms with Gasteiger partial charge in [0, 0.05) is 10.6 Å². The van der Waals surface area contributed by atoms with Crippen molar-refractivity contribution in [2.75, 3.05) is 5.75 Å². The van der Waals surface area contributed by atoms with Crippen molar-refractivity contribution in [3.8, 4) is 5.75 Å². The molecule has 1 N–H and O–H groups in total. The summed E-state index contributed by atoms with van der Waals surface area (Å²) in [5.41, 5.74) is 1.22. The lowest BCUT2D eigenvalue weighted by Crippen LogP contribution is -2.30. The van der Waals surface area contributed by atoms with Crippen molar-refractivity contribution >= 4 is 11.8 Å². The van der Waals surface area contributed by atoms with E-state index in [0.29, 0.717) is 16.9 Å². The largest absolute Gasteiger partial charge is 0.485 e. The van der Waals surface area contributed by atoms with Crippen LogP contribution in [0.4, 0.5) is 4.39 Å². The molecule has 104 valence electrons. The Kier molecular flexibility index (Phi) is 3.68. The van der Waals surface area contributed by atoms with E-state index in [-0.39, 0.29) is 11.9 Å². The number of hydrogen-bond donors (Lipinski definition) is 1. The Morgan fingerprint density at radius 3 is 2.90 bits per heavy atom. The quantitative estimate of drug-likeness (QED) is 0.914. The van der Waals surface area contributed by atoms with E-state index in [0.717, 1.165) is 10.6 Å². The Hall–Kier alpha value is -1.52. The maximum Gasteiger partial charge on any atom is 0.138 e. The zero-order valence-electron chi connectivity index (χ0n) is 11.0. The number of rotatable bonds is 2. The first-order valence-electron chi connectivity index (χ1n) is 6.48. The molecule has 3 rings (SSSR count). The predicted molar refractivity (Wildman–Crippen MR) is 77.7 cm³/mol. The third-order valence-corrected chi connectivity index (χ3v) is 4.55. The van der Waals surface area contributed by atoms with E-state index in [2.05, 4.69) is 0 Å². The number of hydrogen-bond acceptors (Lipinski definition) is 3. The number of aryl methyl sites for hydroxylation is 1. The van der Waals surface area contributed by atoms with Crippen LogP contribution in [0, 0.1) is 12.7 Å². The summed E-state index contributed by atoms with van der Waals surface area (Å²) in [6.45, 7) is 1.69. The number of para-hydroxylation sites is 1. The lowest BCUT2D eigenvalue weighted by atomic mass is 10.0.